The lowest BCUT2D eigenvalue weighted by molar-refractivity contribution is 0.0215. The molecule has 0 saturated carbocycles. The molecule has 0 spiro atoms. The van der Waals surface area contributed by atoms with E-state index in [1.807, 2.05) is 18.8 Å². The van der Waals surface area contributed by atoms with Crippen molar-refractivity contribution in [3.05, 3.63) is 0 Å². The number of amidine groups is 1. The van der Waals surface area contributed by atoms with Crippen LogP contribution < -0.4 is 0 Å². The average molecular weight is 201 g/mol. The van der Waals surface area contributed by atoms with Crippen molar-refractivity contribution >= 4 is 16.9 Å². The van der Waals surface area contributed by atoms with Gasteiger partial charge in [0.05, 0.1) is 5.88 Å². The minimum Gasteiger partial charge on any atom is -0.281 e. The third kappa shape index (κ3) is 2.17. The van der Waals surface area contributed by atoms with E-state index in [4.69, 9.17) is 0 Å². The molecule has 76 valence electrons. The first-order valence-electron chi connectivity index (χ1n) is 4.73. The molecule has 1 saturated heterocycles. The lowest BCUT2D eigenvalue weighted by Gasteiger charge is -2.34. The molecular formula is C9H19N3S. The Morgan fingerprint density at radius 1 is 1.23 bits per heavy atom. The van der Waals surface area contributed by atoms with Crippen LogP contribution in [0.5, 0.6) is 0 Å². The Balaban J connectivity index is 2.79. The highest BCUT2D eigenvalue weighted by molar-refractivity contribution is 8.14. The largest absolute Gasteiger partial charge is 0.281 e. The van der Waals surface area contributed by atoms with Gasteiger partial charge in [0.2, 0.25) is 0 Å². The Hall–Kier alpha value is -0.220. The molecule has 0 amide bonds. The zero-order valence-corrected chi connectivity index (χ0v) is 9.93. The number of hydrogen-bond acceptors (Lipinski definition) is 3. The molecule has 0 radical (unpaired) electrons. The van der Waals surface area contributed by atoms with Gasteiger partial charge in [-0.15, -0.1) is 0 Å². The summed E-state index contributed by atoms with van der Waals surface area (Å²) in [6, 6.07) is 1.05. The maximum Gasteiger partial charge on any atom is 0.175 e. The summed E-state index contributed by atoms with van der Waals surface area (Å²) >= 11 is 1.82. The molecule has 1 aliphatic rings. The lowest BCUT2D eigenvalue weighted by atomic mass is 10.3. The zero-order chi connectivity index (χ0) is 10.0. The van der Waals surface area contributed by atoms with Gasteiger partial charge in [0, 0.05) is 19.1 Å². The van der Waals surface area contributed by atoms with Crippen LogP contribution in [-0.2, 0) is 0 Å². The van der Waals surface area contributed by atoms with Crippen molar-refractivity contribution in [3.63, 3.8) is 0 Å². The summed E-state index contributed by atoms with van der Waals surface area (Å²) in [4.78, 5) is 4.29. The fraction of sp³-hybridized carbons (Fsp3) is 0.889. The monoisotopic (exact) mass is 201 g/mol. The van der Waals surface area contributed by atoms with Crippen molar-refractivity contribution in [1.82, 2.24) is 10.0 Å². The van der Waals surface area contributed by atoms with E-state index in [1.54, 1.807) is 0 Å². The van der Waals surface area contributed by atoms with Gasteiger partial charge in [-0.1, -0.05) is 11.8 Å². The van der Waals surface area contributed by atoms with Crippen LogP contribution in [0.2, 0.25) is 0 Å². The summed E-state index contributed by atoms with van der Waals surface area (Å²) in [6.07, 6.45) is 0. The summed E-state index contributed by atoms with van der Waals surface area (Å²) in [5.74, 6) is 1.03. The molecule has 0 unspecified atom stereocenters. The summed E-state index contributed by atoms with van der Waals surface area (Å²) < 4.78 is 0. The predicted molar refractivity (Wildman–Crippen MR) is 59.8 cm³/mol. The van der Waals surface area contributed by atoms with Gasteiger partial charge in [-0.3, -0.25) is 10.0 Å². The quantitative estimate of drug-likeness (QED) is 0.681. The molecule has 1 heterocycles. The molecule has 1 rings (SSSR count). The van der Waals surface area contributed by atoms with E-state index in [-0.39, 0.29) is 0 Å². The first-order chi connectivity index (χ1) is 6.07. The van der Waals surface area contributed by atoms with Crippen LogP contribution in [0.4, 0.5) is 0 Å². The van der Waals surface area contributed by atoms with E-state index < -0.39 is 0 Å². The number of thioether (sulfide) groups is 1. The van der Waals surface area contributed by atoms with Crippen LogP contribution in [0.3, 0.4) is 0 Å². The van der Waals surface area contributed by atoms with Crippen molar-refractivity contribution in [2.75, 3.05) is 12.9 Å². The second-order valence-electron chi connectivity index (χ2n) is 3.75. The molecular weight excluding hydrogens is 182 g/mol. The summed E-state index contributed by atoms with van der Waals surface area (Å²) in [5, 5.41) is 5.79. The first-order valence-corrected chi connectivity index (χ1v) is 5.71. The van der Waals surface area contributed by atoms with Crippen LogP contribution in [0.1, 0.15) is 27.7 Å². The van der Waals surface area contributed by atoms with E-state index in [2.05, 4.69) is 42.7 Å². The molecule has 0 atom stereocenters. The van der Waals surface area contributed by atoms with Crippen molar-refractivity contribution in [1.29, 1.82) is 0 Å². The van der Waals surface area contributed by atoms with Gasteiger partial charge in [0.15, 0.2) is 5.17 Å². The number of hydrazine groups is 1. The minimum absolute atomic E-state index is 0.496. The second-order valence-corrected chi connectivity index (χ2v) is 4.66. The fourth-order valence-corrected chi connectivity index (χ4v) is 2.69. The molecule has 0 aliphatic carbocycles. The second kappa shape index (κ2) is 4.33. The SMILES string of the molecule is CN=C1SCN(C(C)C)N1C(C)C. The maximum atomic E-state index is 4.29. The molecule has 0 aromatic heterocycles. The first kappa shape index (κ1) is 10.9. The molecule has 3 nitrogen and oxygen atoms in total. The normalized spacial score (nSPS) is 22.7. The third-order valence-corrected chi connectivity index (χ3v) is 3.10. The molecule has 0 aromatic carbocycles. The van der Waals surface area contributed by atoms with E-state index >= 15 is 0 Å². The number of nitrogens with zero attached hydrogens (tertiary/aromatic N) is 3. The molecule has 13 heavy (non-hydrogen) atoms. The van der Waals surface area contributed by atoms with Gasteiger partial charge in [0.25, 0.3) is 0 Å². The van der Waals surface area contributed by atoms with E-state index in [0.717, 1.165) is 11.0 Å². The van der Waals surface area contributed by atoms with E-state index in [1.165, 1.54) is 0 Å². The highest BCUT2D eigenvalue weighted by atomic mass is 32.2. The van der Waals surface area contributed by atoms with Gasteiger partial charge in [0.1, 0.15) is 0 Å². The average Bonchev–Trinajstić information content (AvgIpc) is 2.46. The van der Waals surface area contributed by atoms with Crippen molar-refractivity contribution in [2.45, 2.75) is 39.8 Å². The van der Waals surface area contributed by atoms with Gasteiger partial charge in [-0.2, -0.15) is 0 Å². The Kier molecular flexibility index (Phi) is 3.62. The Morgan fingerprint density at radius 2 is 1.85 bits per heavy atom. The van der Waals surface area contributed by atoms with Gasteiger partial charge < -0.3 is 0 Å². The number of aliphatic imine (C=N–C) groups is 1. The smallest absolute Gasteiger partial charge is 0.175 e. The highest BCUT2D eigenvalue weighted by Crippen LogP contribution is 2.26. The Labute approximate surface area is 85.2 Å². The molecule has 0 aromatic rings. The molecule has 1 aliphatic heterocycles. The molecule has 0 bridgehead atoms. The van der Waals surface area contributed by atoms with Crippen LogP contribution in [0.15, 0.2) is 4.99 Å². The van der Waals surface area contributed by atoms with Crippen molar-refractivity contribution in [3.8, 4) is 0 Å². The minimum atomic E-state index is 0.496. The summed E-state index contributed by atoms with van der Waals surface area (Å²) in [5.41, 5.74) is 0. The summed E-state index contributed by atoms with van der Waals surface area (Å²) in [7, 11) is 1.86. The molecule has 1 fully saturated rings. The van der Waals surface area contributed by atoms with Crippen LogP contribution in [-0.4, -0.2) is 40.2 Å². The van der Waals surface area contributed by atoms with E-state index in [9.17, 15) is 0 Å². The molecule has 4 heteroatoms. The maximum absolute atomic E-state index is 4.29. The van der Waals surface area contributed by atoms with Crippen molar-refractivity contribution in [2.24, 2.45) is 4.99 Å². The number of hydrogen-bond donors (Lipinski definition) is 0. The Bertz CT molecular complexity index is 201. The summed E-state index contributed by atoms with van der Waals surface area (Å²) in [6.45, 7) is 8.84. The van der Waals surface area contributed by atoms with Crippen molar-refractivity contribution < 1.29 is 0 Å². The third-order valence-electron chi connectivity index (χ3n) is 2.08. The zero-order valence-electron chi connectivity index (χ0n) is 9.11. The fourth-order valence-electron chi connectivity index (χ4n) is 1.44. The lowest BCUT2D eigenvalue weighted by Crippen LogP contribution is -2.46. The van der Waals surface area contributed by atoms with Gasteiger partial charge in [-0.25, -0.2) is 5.01 Å². The van der Waals surface area contributed by atoms with Gasteiger partial charge in [-0.05, 0) is 27.7 Å². The topological polar surface area (TPSA) is 18.8 Å². The van der Waals surface area contributed by atoms with E-state index in [0.29, 0.717) is 12.1 Å². The van der Waals surface area contributed by atoms with Gasteiger partial charge >= 0.3 is 0 Å². The predicted octanol–water partition coefficient (Wildman–Crippen LogP) is 2.01. The van der Waals surface area contributed by atoms with Crippen LogP contribution >= 0.6 is 11.8 Å². The molecule has 0 N–H and O–H groups in total. The Morgan fingerprint density at radius 3 is 2.23 bits per heavy atom. The highest BCUT2D eigenvalue weighted by Gasteiger charge is 2.31. The number of rotatable bonds is 2. The van der Waals surface area contributed by atoms with Crippen LogP contribution in [0.25, 0.3) is 0 Å². The van der Waals surface area contributed by atoms with Crippen LogP contribution in [0, 0.1) is 0 Å². The standard InChI is InChI=1S/C9H19N3S/c1-7(2)11-6-13-9(10-5)12(11)8(3)4/h7-8H,6H2,1-5H3.